The normalized spacial score (nSPS) is 12.4. The molecule has 2 amide bonds. The molecule has 1 heterocycles. The summed E-state index contributed by atoms with van der Waals surface area (Å²) in [7, 11) is 1.70. The fourth-order valence-corrected chi connectivity index (χ4v) is 2.85. The molecule has 8 heteroatoms. The number of nitrogens with zero attached hydrogens (tertiary/aromatic N) is 1. The first-order valence-corrected chi connectivity index (χ1v) is 9.19. The number of halogens is 2. The van der Waals surface area contributed by atoms with E-state index in [0.717, 1.165) is 4.47 Å². The summed E-state index contributed by atoms with van der Waals surface area (Å²) in [4.78, 5) is 13.9. The first kappa shape index (κ1) is 18.7. The highest BCUT2D eigenvalue weighted by Gasteiger charge is 2.17. The zero-order valence-corrected chi connectivity index (χ0v) is 16.5. The Hall–Kier alpha value is -2.12. The number of likely N-dealkylation sites (N-methyl/N-ethyl adjacent to an activating group) is 1. The van der Waals surface area contributed by atoms with Crippen molar-refractivity contribution in [2.24, 2.45) is 0 Å². The Balaban J connectivity index is 1.53. The molecular formula is C18H18BrClN2O4. The molecule has 1 N–H and O–H groups in total. The van der Waals surface area contributed by atoms with E-state index in [1.54, 1.807) is 48.3 Å². The minimum Gasteiger partial charge on any atom is -0.492 e. The van der Waals surface area contributed by atoms with E-state index < -0.39 is 0 Å². The highest BCUT2D eigenvalue weighted by Crippen LogP contribution is 2.38. The highest BCUT2D eigenvalue weighted by molar-refractivity contribution is 9.10. The van der Waals surface area contributed by atoms with Crippen molar-refractivity contribution < 1.29 is 19.0 Å². The smallest absolute Gasteiger partial charge is 0.321 e. The molecule has 1 aliphatic heterocycles. The molecule has 0 aromatic heterocycles. The second kappa shape index (κ2) is 8.51. The highest BCUT2D eigenvalue weighted by atomic mass is 79.9. The van der Waals surface area contributed by atoms with Gasteiger partial charge in [0, 0.05) is 28.7 Å². The van der Waals surface area contributed by atoms with Gasteiger partial charge >= 0.3 is 6.03 Å². The van der Waals surface area contributed by atoms with Gasteiger partial charge in [-0.2, -0.15) is 0 Å². The van der Waals surface area contributed by atoms with E-state index >= 15 is 0 Å². The molecule has 1 aliphatic rings. The van der Waals surface area contributed by atoms with Crippen LogP contribution in [-0.4, -0.2) is 44.3 Å². The zero-order chi connectivity index (χ0) is 18.5. The van der Waals surface area contributed by atoms with Gasteiger partial charge in [0.25, 0.3) is 0 Å². The lowest BCUT2D eigenvalue weighted by Gasteiger charge is -2.22. The Kier molecular flexibility index (Phi) is 6.11. The summed E-state index contributed by atoms with van der Waals surface area (Å²) in [5, 5.41) is 3.50. The average Bonchev–Trinajstić information content (AvgIpc) is 2.63. The SMILES string of the molecule is CN(CCOc1ccc(Cl)cc1)C(=O)Nc1cc2c(cc1Br)OCCO2. The Morgan fingerprint density at radius 3 is 2.58 bits per heavy atom. The van der Waals surface area contributed by atoms with Gasteiger partial charge in [-0.3, -0.25) is 0 Å². The molecule has 0 unspecified atom stereocenters. The van der Waals surface area contributed by atoms with E-state index in [2.05, 4.69) is 21.2 Å². The van der Waals surface area contributed by atoms with Crippen LogP contribution in [0.4, 0.5) is 10.5 Å². The summed E-state index contributed by atoms with van der Waals surface area (Å²) in [6.45, 7) is 1.80. The van der Waals surface area contributed by atoms with Crippen molar-refractivity contribution in [1.82, 2.24) is 4.90 Å². The second-order valence-electron chi connectivity index (χ2n) is 5.63. The van der Waals surface area contributed by atoms with E-state index in [4.69, 9.17) is 25.8 Å². The number of benzene rings is 2. The molecule has 3 rings (SSSR count). The van der Waals surface area contributed by atoms with Gasteiger partial charge in [0.05, 0.1) is 12.2 Å². The lowest BCUT2D eigenvalue weighted by molar-refractivity contribution is 0.171. The number of carbonyl (C=O) groups excluding carboxylic acids is 1. The van der Waals surface area contributed by atoms with E-state index in [1.165, 1.54) is 0 Å². The third kappa shape index (κ3) is 4.74. The quantitative estimate of drug-likeness (QED) is 0.746. The lowest BCUT2D eigenvalue weighted by Crippen LogP contribution is -2.34. The number of amides is 2. The standard InChI is InChI=1S/C18H18BrClN2O4/c1-22(6-7-24-13-4-2-12(20)3-5-13)18(23)21-15-11-17-16(10-14(15)19)25-8-9-26-17/h2-5,10-11H,6-9H2,1H3,(H,21,23). The molecule has 2 aromatic carbocycles. The Labute approximate surface area is 165 Å². The molecule has 0 bridgehead atoms. The van der Waals surface area contributed by atoms with Crippen LogP contribution in [0.25, 0.3) is 0 Å². The van der Waals surface area contributed by atoms with Crippen molar-refractivity contribution in [3.8, 4) is 17.2 Å². The topological polar surface area (TPSA) is 60.0 Å². The summed E-state index contributed by atoms with van der Waals surface area (Å²) in [6.07, 6.45) is 0. The molecule has 0 saturated carbocycles. The largest absolute Gasteiger partial charge is 0.492 e. The molecule has 0 aliphatic carbocycles. The number of urea groups is 1. The van der Waals surface area contributed by atoms with Gasteiger partial charge in [-0.15, -0.1) is 0 Å². The number of anilines is 1. The first-order valence-electron chi connectivity index (χ1n) is 8.02. The number of ether oxygens (including phenoxy) is 3. The van der Waals surface area contributed by atoms with Crippen LogP contribution in [0.15, 0.2) is 40.9 Å². The second-order valence-corrected chi connectivity index (χ2v) is 6.92. The van der Waals surface area contributed by atoms with Crippen molar-refractivity contribution in [2.45, 2.75) is 0 Å². The maximum absolute atomic E-state index is 12.4. The predicted molar refractivity (Wildman–Crippen MR) is 104 cm³/mol. The van der Waals surface area contributed by atoms with Gasteiger partial charge in [-0.1, -0.05) is 11.6 Å². The Morgan fingerprint density at radius 1 is 1.23 bits per heavy atom. The van der Waals surface area contributed by atoms with Crippen molar-refractivity contribution in [1.29, 1.82) is 0 Å². The van der Waals surface area contributed by atoms with Gasteiger partial charge in [0.1, 0.15) is 25.6 Å². The fraction of sp³-hybridized carbons (Fsp3) is 0.278. The van der Waals surface area contributed by atoms with Crippen LogP contribution in [0.3, 0.4) is 0 Å². The molecule has 26 heavy (non-hydrogen) atoms. The van der Waals surface area contributed by atoms with E-state index in [-0.39, 0.29) is 6.03 Å². The number of hydrogen-bond acceptors (Lipinski definition) is 4. The average molecular weight is 442 g/mol. The Morgan fingerprint density at radius 2 is 1.88 bits per heavy atom. The van der Waals surface area contributed by atoms with Gasteiger partial charge in [0.15, 0.2) is 11.5 Å². The molecular weight excluding hydrogens is 424 g/mol. The molecule has 0 saturated heterocycles. The van der Waals surface area contributed by atoms with Crippen LogP contribution in [-0.2, 0) is 0 Å². The minimum absolute atomic E-state index is 0.248. The third-order valence-electron chi connectivity index (χ3n) is 3.73. The zero-order valence-electron chi connectivity index (χ0n) is 14.1. The first-order chi connectivity index (χ1) is 12.5. The molecule has 2 aromatic rings. The van der Waals surface area contributed by atoms with Crippen LogP contribution in [0, 0.1) is 0 Å². The number of fused-ring (bicyclic) bond motifs is 1. The predicted octanol–water partition coefficient (Wildman–Crippen LogP) is 4.42. The van der Waals surface area contributed by atoms with Crippen LogP contribution < -0.4 is 19.5 Å². The van der Waals surface area contributed by atoms with E-state index in [1.807, 2.05) is 0 Å². The molecule has 138 valence electrons. The summed E-state index contributed by atoms with van der Waals surface area (Å²) in [6, 6.07) is 10.4. The Bertz CT molecular complexity index is 786. The van der Waals surface area contributed by atoms with Gasteiger partial charge in [-0.05, 0) is 40.2 Å². The van der Waals surface area contributed by atoms with Crippen molar-refractivity contribution in [3.63, 3.8) is 0 Å². The monoisotopic (exact) mass is 440 g/mol. The van der Waals surface area contributed by atoms with Crippen LogP contribution >= 0.6 is 27.5 Å². The number of carbonyl (C=O) groups is 1. The lowest BCUT2D eigenvalue weighted by atomic mass is 10.2. The molecule has 0 spiro atoms. The van der Waals surface area contributed by atoms with Gasteiger partial charge in [-0.25, -0.2) is 4.79 Å². The fourth-order valence-electron chi connectivity index (χ4n) is 2.30. The van der Waals surface area contributed by atoms with Gasteiger partial charge < -0.3 is 24.4 Å². The maximum atomic E-state index is 12.4. The summed E-state index contributed by atoms with van der Waals surface area (Å²) in [5.74, 6) is 1.98. The van der Waals surface area contributed by atoms with E-state index in [0.29, 0.717) is 54.3 Å². The van der Waals surface area contributed by atoms with E-state index in [9.17, 15) is 4.79 Å². The van der Waals surface area contributed by atoms with Crippen molar-refractivity contribution >= 4 is 39.2 Å². The van der Waals surface area contributed by atoms with Crippen LogP contribution in [0.1, 0.15) is 0 Å². The van der Waals surface area contributed by atoms with Gasteiger partial charge in [0.2, 0.25) is 0 Å². The maximum Gasteiger partial charge on any atom is 0.321 e. The number of nitrogens with one attached hydrogen (secondary N) is 1. The number of hydrogen-bond donors (Lipinski definition) is 1. The minimum atomic E-state index is -0.248. The van der Waals surface area contributed by atoms with Crippen LogP contribution in [0.5, 0.6) is 17.2 Å². The summed E-state index contributed by atoms with van der Waals surface area (Å²) < 4.78 is 17.4. The summed E-state index contributed by atoms with van der Waals surface area (Å²) in [5.41, 5.74) is 0.615. The molecule has 0 fully saturated rings. The molecule has 0 atom stereocenters. The van der Waals surface area contributed by atoms with Crippen molar-refractivity contribution in [2.75, 3.05) is 38.7 Å². The number of rotatable bonds is 5. The van der Waals surface area contributed by atoms with Crippen LogP contribution in [0.2, 0.25) is 5.02 Å². The third-order valence-corrected chi connectivity index (χ3v) is 4.64. The summed E-state index contributed by atoms with van der Waals surface area (Å²) >= 11 is 9.27. The molecule has 0 radical (unpaired) electrons. The molecule has 6 nitrogen and oxygen atoms in total. The van der Waals surface area contributed by atoms with Crippen molar-refractivity contribution in [3.05, 3.63) is 45.9 Å².